The van der Waals surface area contributed by atoms with Crippen LogP contribution in [0, 0.1) is 11.8 Å². The van der Waals surface area contributed by atoms with Crippen molar-refractivity contribution in [3.8, 4) is 5.75 Å². The summed E-state index contributed by atoms with van der Waals surface area (Å²) in [5.41, 5.74) is 19.4. The number of alkyl carbamates (subject to hydrolysis) is 1. The molecule has 1 heterocycles. The van der Waals surface area contributed by atoms with Crippen molar-refractivity contribution < 1.29 is 67.4 Å². The second kappa shape index (κ2) is 38.6. The molecule has 26 nitrogen and oxygen atoms in total. The van der Waals surface area contributed by atoms with Crippen molar-refractivity contribution in [2.45, 2.75) is 146 Å². The second-order valence-electron chi connectivity index (χ2n) is 23.0. The number of nitrogens with two attached hydrogens (primary N) is 3. The minimum Gasteiger partial charge on any atom is -0.508 e. The van der Waals surface area contributed by atoms with Crippen molar-refractivity contribution in [3.05, 3.63) is 138 Å². The number of amides is 12. The largest absolute Gasteiger partial charge is 0.508 e. The Labute approximate surface area is 549 Å². The first kappa shape index (κ1) is 74.5. The number of nitrogens with zero attached hydrogens (tertiary/aromatic N) is 1. The highest BCUT2D eigenvalue weighted by Gasteiger charge is 2.41. The first-order valence-electron chi connectivity index (χ1n) is 30.6. The van der Waals surface area contributed by atoms with Gasteiger partial charge in [0.05, 0.1) is 13.0 Å². The molecule has 0 bridgehead atoms. The standard InChI is InChI=1S/C65H86N12O14S2/c1-5-40(4)56(76-60(85)48(31-41-23-25-45(78)26-24-41)71-61(86)50(37-92-35-43-18-11-7-12-19-43)75-65(90)91-34-42-16-9-6-10-17-42)63(88)70-46(27-28-53(66)79)58(83)72-49(32-54(67)80)59(84)74-51(38-93-36-44-20-13-8-14-21-44)64(89)77-29-15-22-52(77)62(87)73-47(30-39(2)3)57(82)69-33-55(68)81/h6-14,16-21,23-26,39-40,46-52,56,78H,5,15,22,27-38H2,1-4H3,(H2,66,79)(H2,67,80)(H2,68,81)(H,69,82)(H,70,88)(H,71,86)(H,72,83)(H,73,87)(H,74,84)(H,75,90)(H,76,85)/t40?,46-,47-,48-,49-,50-,51-,52-,56-/m0/s1. The minimum atomic E-state index is -1.80. The van der Waals surface area contributed by atoms with Gasteiger partial charge < -0.3 is 74.5 Å². The van der Waals surface area contributed by atoms with E-state index in [1.54, 1.807) is 44.2 Å². The van der Waals surface area contributed by atoms with Crippen LogP contribution in [0.25, 0.3) is 0 Å². The van der Waals surface area contributed by atoms with Crippen LogP contribution in [0.4, 0.5) is 4.79 Å². The average molecular weight is 1320 g/mol. The van der Waals surface area contributed by atoms with E-state index in [4.69, 9.17) is 21.9 Å². The molecule has 15 N–H and O–H groups in total. The van der Waals surface area contributed by atoms with Crippen molar-refractivity contribution in [2.24, 2.45) is 29.0 Å². The fourth-order valence-corrected chi connectivity index (χ4v) is 11.9. The molecule has 28 heteroatoms. The maximum Gasteiger partial charge on any atom is 0.408 e. The molecule has 0 spiro atoms. The van der Waals surface area contributed by atoms with Crippen LogP contribution >= 0.6 is 23.5 Å². The van der Waals surface area contributed by atoms with Crippen LogP contribution in [0.15, 0.2) is 115 Å². The number of carbonyl (C=O) groups excluding carboxylic acids is 12. The van der Waals surface area contributed by atoms with Crippen LogP contribution in [0.3, 0.4) is 0 Å². The number of thioether (sulfide) groups is 2. The third-order valence-corrected chi connectivity index (χ3v) is 17.2. The molecule has 4 aromatic carbocycles. The predicted octanol–water partition coefficient (Wildman–Crippen LogP) is 1.83. The molecule has 0 saturated carbocycles. The number of ether oxygens (including phenoxy) is 1. The number of phenols is 1. The average Bonchev–Trinajstić information content (AvgIpc) is 1.80. The molecule has 93 heavy (non-hydrogen) atoms. The van der Waals surface area contributed by atoms with Crippen molar-refractivity contribution in [1.82, 2.24) is 47.4 Å². The van der Waals surface area contributed by atoms with Gasteiger partial charge in [0.2, 0.25) is 65.0 Å². The van der Waals surface area contributed by atoms with E-state index in [0.717, 1.165) is 11.1 Å². The Hall–Kier alpha value is -9.18. The number of likely N-dealkylation sites (tertiary alicyclic amines) is 1. The lowest BCUT2D eigenvalue weighted by Gasteiger charge is -2.31. The van der Waals surface area contributed by atoms with Gasteiger partial charge in [-0.1, -0.05) is 137 Å². The summed E-state index contributed by atoms with van der Waals surface area (Å²) < 4.78 is 5.46. The monoisotopic (exact) mass is 1320 g/mol. The van der Waals surface area contributed by atoms with Gasteiger partial charge in [0, 0.05) is 42.4 Å². The van der Waals surface area contributed by atoms with Crippen molar-refractivity contribution in [2.75, 3.05) is 24.6 Å². The van der Waals surface area contributed by atoms with Crippen molar-refractivity contribution in [1.29, 1.82) is 0 Å². The molecular formula is C65H86N12O14S2. The molecule has 12 amide bonds. The van der Waals surface area contributed by atoms with E-state index in [1.165, 1.54) is 52.7 Å². The SMILES string of the molecule is CCC(C)[C@H](NC(=O)[C@H](Cc1ccc(O)cc1)NC(=O)[C@H](CSCc1ccccc1)NC(=O)OCc1ccccc1)C(=O)N[C@@H](CCC(N)=O)C(=O)N[C@@H](CC(N)=O)C(=O)N[C@@H](CSCc1ccccc1)C(=O)N1CCC[C@H]1C(=O)N[C@@H](CC(C)C)C(=O)NCC(N)=O. The lowest BCUT2D eigenvalue weighted by Crippen LogP contribution is -2.61. The number of carbonyl (C=O) groups is 12. The number of aromatic hydroxyl groups is 1. The number of hydrogen-bond acceptors (Lipinski definition) is 16. The highest BCUT2D eigenvalue weighted by atomic mass is 32.2. The van der Waals surface area contributed by atoms with E-state index in [9.17, 15) is 62.6 Å². The van der Waals surface area contributed by atoms with Gasteiger partial charge in [0.25, 0.3) is 0 Å². The number of nitrogens with one attached hydrogen (secondary N) is 8. The number of phenolic OH excluding ortho intramolecular Hbond substituents is 1. The van der Waals surface area contributed by atoms with Gasteiger partial charge in [-0.15, -0.1) is 0 Å². The third-order valence-electron chi connectivity index (χ3n) is 15.0. The summed E-state index contributed by atoms with van der Waals surface area (Å²) in [5, 5.41) is 31.0. The normalized spacial score (nSPS) is 15.2. The quantitative estimate of drug-likeness (QED) is 0.0305. The van der Waals surface area contributed by atoms with Gasteiger partial charge in [-0.2, -0.15) is 23.5 Å². The number of hydrogen-bond donors (Lipinski definition) is 12. The topological polar surface area (TPSA) is 412 Å². The van der Waals surface area contributed by atoms with E-state index < -0.39 is 151 Å². The maximum atomic E-state index is 14.7. The highest BCUT2D eigenvalue weighted by Crippen LogP contribution is 2.23. The first-order valence-corrected chi connectivity index (χ1v) is 33.0. The molecule has 1 aliphatic heterocycles. The lowest BCUT2D eigenvalue weighted by molar-refractivity contribution is -0.142. The van der Waals surface area contributed by atoms with E-state index in [0.29, 0.717) is 29.1 Å². The fraction of sp³-hybridized carbons (Fsp3) is 0.446. The summed E-state index contributed by atoms with van der Waals surface area (Å²) >= 11 is 2.59. The molecule has 502 valence electrons. The molecule has 4 aromatic rings. The van der Waals surface area contributed by atoms with Gasteiger partial charge in [-0.05, 0) is 71.9 Å². The summed E-state index contributed by atoms with van der Waals surface area (Å²) in [6, 6.07) is 22.1. The van der Waals surface area contributed by atoms with Gasteiger partial charge in [-0.3, -0.25) is 52.7 Å². The zero-order valence-corrected chi connectivity index (χ0v) is 54.2. The van der Waals surface area contributed by atoms with Gasteiger partial charge in [0.1, 0.15) is 60.7 Å². The number of primary amides is 3. The molecule has 1 unspecified atom stereocenters. The predicted molar refractivity (Wildman–Crippen MR) is 350 cm³/mol. The van der Waals surface area contributed by atoms with Crippen molar-refractivity contribution >= 4 is 94.6 Å². The fourth-order valence-electron chi connectivity index (χ4n) is 9.85. The molecule has 1 fully saturated rings. The van der Waals surface area contributed by atoms with E-state index in [-0.39, 0.29) is 62.0 Å². The molecular weight excluding hydrogens is 1240 g/mol. The first-order chi connectivity index (χ1) is 44.4. The summed E-state index contributed by atoms with van der Waals surface area (Å²) in [7, 11) is 0. The molecule has 9 atom stereocenters. The summed E-state index contributed by atoms with van der Waals surface area (Å²) in [6.07, 6.45) is -1.86. The molecule has 0 aromatic heterocycles. The Morgan fingerprint density at radius 2 is 1.09 bits per heavy atom. The van der Waals surface area contributed by atoms with Gasteiger partial charge in [-0.25, -0.2) is 4.79 Å². The maximum absolute atomic E-state index is 14.7. The number of benzene rings is 4. The zero-order valence-electron chi connectivity index (χ0n) is 52.6. The lowest BCUT2D eigenvalue weighted by atomic mass is 9.96. The third kappa shape index (κ3) is 26.2. The Kier molecular flexibility index (Phi) is 31.0. The van der Waals surface area contributed by atoms with Crippen LogP contribution in [-0.4, -0.2) is 154 Å². The van der Waals surface area contributed by atoms with Crippen LogP contribution in [0.1, 0.15) is 94.9 Å². The molecule has 0 radical (unpaired) electrons. The summed E-state index contributed by atoms with van der Waals surface area (Å²) in [4.78, 5) is 166. The minimum absolute atomic E-state index is 0.0285. The van der Waals surface area contributed by atoms with Crippen LogP contribution in [0.5, 0.6) is 5.75 Å². The Morgan fingerprint density at radius 3 is 1.65 bits per heavy atom. The van der Waals surface area contributed by atoms with E-state index >= 15 is 0 Å². The van der Waals surface area contributed by atoms with Gasteiger partial charge >= 0.3 is 6.09 Å². The smallest absolute Gasteiger partial charge is 0.408 e. The molecule has 0 aliphatic carbocycles. The number of rotatable bonds is 38. The van der Waals surface area contributed by atoms with Crippen LogP contribution < -0.4 is 59.7 Å². The Bertz CT molecular complexity index is 3170. The summed E-state index contributed by atoms with van der Waals surface area (Å²) in [6.45, 7) is 6.52. The molecule has 1 saturated heterocycles. The second-order valence-corrected chi connectivity index (χ2v) is 25.0. The van der Waals surface area contributed by atoms with Gasteiger partial charge in [0.15, 0.2) is 0 Å². The molecule has 1 aliphatic rings. The molecule has 5 rings (SSSR count). The van der Waals surface area contributed by atoms with E-state index in [2.05, 4.69) is 42.5 Å². The highest BCUT2D eigenvalue weighted by molar-refractivity contribution is 7.98. The van der Waals surface area contributed by atoms with Crippen LogP contribution in [-0.2, 0) is 82.0 Å². The Balaban J connectivity index is 1.38. The van der Waals surface area contributed by atoms with E-state index in [1.807, 2.05) is 74.5 Å². The summed E-state index contributed by atoms with van der Waals surface area (Å²) in [5.74, 6) is -9.59. The van der Waals surface area contributed by atoms with Crippen molar-refractivity contribution in [3.63, 3.8) is 0 Å². The van der Waals surface area contributed by atoms with Crippen LogP contribution in [0.2, 0.25) is 0 Å². The Morgan fingerprint density at radius 1 is 0.559 bits per heavy atom. The zero-order chi connectivity index (χ0) is 68.0.